The Morgan fingerprint density at radius 1 is 1.46 bits per heavy atom. The number of rotatable bonds is 5. The minimum atomic E-state index is -3.42. The summed E-state index contributed by atoms with van der Waals surface area (Å²) in [7, 11) is -3.42. The van der Waals surface area contributed by atoms with Crippen LogP contribution >= 0.6 is 15.9 Å². The maximum Gasteiger partial charge on any atom is 0.317 e. The Kier molecular flexibility index (Phi) is 6.22. The van der Waals surface area contributed by atoms with Gasteiger partial charge in [0, 0.05) is 19.1 Å². The van der Waals surface area contributed by atoms with Crippen LogP contribution in [0.3, 0.4) is 0 Å². The highest BCUT2D eigenvalue weighted by Crippen LogP contribution is 2.26. The first-order chi connectivity index (χ1) is 11.2. The molecular formula is C15H21BrFN3O3S. The molecule has 0 unspecified atom stereocenters. The van der Waals surface area contributed by atoms with Gasteiger partial charge in [-0.3, -0.25) is 0 Å². The zero-order valence-electron chi connectivity index (χ0n) is 13.6. The fraction of sp³-hybridized carbons (Fsp3) is 0.533. The predicted octanol–water partition coefficient (Wildman–Crippen LogP) is 1.85. The van der Waals surface area contributed by atoms with Crippen LogP contribution < -0.4 is 10.0 Å². The van der Waals surface area contributed by atoms with Crippen LogP contribution in [0.15, 0.2) is 22.7 Å². The maximum atomic E-state index is 14.3. The molecule has 0 spiro atoms. The van der Waals surface area contributed by atoms with Crippen molar-refractivity contribution in [2.24, 2.45) is 0 Å². The Labute approximate surface area is 150 Å². The minimum absolute atomic E-state index is 0.232. The quantitative estimate of drug-likeness (QED) is 0.761. The van der Waals surface area contributed by atoms with E-state index in [2.05, 4.69) is 26.0 Å². The molecular weight excluding hydrogens is 401 g/mol. The van der Waals surface area contributed by atoms with Crippen LogP contribution in [0.2, 0.25) is 0 Å². The van der Waals surface area contributed by atoms with Gasteiger partial charge in [-0.1, -0.05) is 12.1 Å². The number of benzene rings is 1. The molecule has 1 aliphatic heterocycles. The van der Waals surface area contributed by atoms with Gasteiger partial charge in [0.25, 0.3) is 0 Å². The van der Waals surface area contributed by atoms with Gasteiger partial charge in [-0.05, 0) is 47.3 Å². The van der Waals surface area contributed by atoms with E-state index in [0.717, 1.165) is 6.26 Å². The van der Waals surface area contributed by atoms with Gasteiger partial charge < -0.3 is 10.2 Å². The van der Waals surface area contributed by atoms with Gasteiger partial charge in [-0.25, -0.2) is 22.3 Å². The molecule has 134 valence electrons. The summed E-state index contributed by atoms with van der Waals surface area (Å²) in [6, 6.07) is 3.80. The molecule has 24 heavy (non-hydrogen) atoms. The van der Waals surface area contributed by atoms with Gasteiger partial charge in [0.1, 0.15) is 5.82 Å². The molecule has 2 N–H and O–H groups in total. The average molecular weight is 422 g/mol. The molecule has 1 aliphatic rings. The second-order valence-electron chi connectivity index (χ2n) is 5.80. The van der Waals surface area contributed by atoms with Gasteiger partial charge in [-0.15, -0.1) is 0 Å². The standard InChI is InChI=1S/C15H21BrFN3O3S/c1-3-18-15(21)20-8-7-12(19-24(2,22)23)13(20)9-10-5-4-6-11(16)14(10)17/h4-6,12-13,19H,3,7-9H2,1-2H3,(H,18,21)/t12-,13-/m0/s1. The largest absolute Gasteiger partial charge is 0.338 e. The van der Waals surface area contributed by atoms with E-state index in [0.29, 0.717) is 29.5 Å². The number of carbonyl (C=O) groups excluding carboxylic acids is 1. The molecule has 1 aromatic rings. The van der Waals surface area contributed by atoms with E-state index in [1.54, 1.807) is 23.1 Å². The number of hydrogen-bond donors (Lipinski definition) is 2. The van der Waals surface area contributed by atoms with E-state index in [-0.39, 0.29) is 12.5 Å². The van der Waals surface area contributed by atoms with Gasteiger partial charge in [0.2, 0.25) is 10.0 Å². The van der Waals surface area contributed by atoms with Crippen molar-refractivity contribution in [3.63, 3.8) is 0 Å². The summed E-state index contributed by atoms with van der Waals surface area (Å²) in [5, 5.41) is 2.72. The van der Waals surface area contributed by atoms with E-state index in [1.165, 1.54) is 0 Å². The zero-order valence-corrected chi connectivity index (χ0v) is 16.0. The van der Waals surface area contributed by atoms with E-state index in [4.69, 9.17) is 0 Å². The average Bonchev–Trinajstić information content (AvgIpc) is 2.85. The third-order valence-corrected chi connectivity index (χ3v) is 5.30. The summed E-state index contributed by atoms with van der Waals surface area (Å²) >= 11 is 3.15. The molecule has 2 rings (SSSR count). The molecule has 0 bridgehead atoms. The second kappa shape index (κ2) is 7.79. The van der Waals surface area contributed by atoms with Crippen molar-refractivity contribution in [1.29, 1.82) is 0 Å². The monoisotopic (exact) mass is 421 g/mol. The Morgan fingerprint density at radius 3 is 2.79 bits per heavy atom. The zero-order chi connectivity index (χ0) is 17.9. The summed E-state index contributed by atoms with van der Waals surface area (Å²) in [6.07, 6.45) is 1.80. The second-order valence-corrected chi connectivity index (χ2v) is 8.43. The van der Waals surface area contributed by atoms with Crippen molar-refractivity contribution >= 4 is 32.0 Å². The Balaban J connectivity index is 2.28. The van der Waals surface area contributed by atoms with Crippen LogP contribution in [-0.2, 0) is 16.4 Å². The fourth-order valence-corrected chi connectivity index (χ4v) is 4.19. The lowest BCUT2D eigenvalue weighted by Gasteiger charge is -2.28. The summed E-state index contributed by atoms with van der Waals surface area (Å²) in [6.45, 7) is 2.69. The molecule has 1 fully saturated rings. The third-order valence-electron chi connectivity index (χ3n) is 3.96. The van der Waals surface area contributed by atoms with Gasteiger partial charge in [0.15, 0.2) is 0 Å². The molecule has 2 amide bonds. The first-order valence-corrected chi connectivity index (χ1v) is 10.4. The number of sulfonamides is 1. The number of carbonyl (C=O) groups is 1. The van der Waals surface area contributed by atoms with E-state index >= 15 is 0 Å². The van der Waals surface area contributed by atoms with Crippen LogP contribution in [-0.4, -0.2) is 50.8 Å². The highest BCUT2D eigenvalue weighted by Gasteiger charge is 2.38. The molecule has 1 saturated heterocycles. The lowest BCUT2D eigenvalue weighted by molar-refractivity contribution is 0.189. The summed E-state index contributed by atoms with van der Waals surface area (Å²) < 4.78 is 40.4. The highest BCUT2D eigenvalue weighted by atomic mass is 79.9. The minimum Gasteiger partial charge on any atom is -0.338 e. The third kappa shape index (κ3) is 4.67. The number of halogens is 2. The first-order valence-electron chi connectivity index (χ1n) is 7.67. The molecule has 6 nitrogen and oxygen atoms in total. The van der Waals surface area contributed by atoms with Crippen LogP contribution in [0.5, 0.6) is 0 Å². The lowest BCUT2D eigenvalue weighted by atomic mass is 10.0. The Morgan fingerprint density at radius 2 is 2.17 bits per heavy atom. The van der Waals surface area contributed by atoms with Crippen molar-refractivity contribution in [2.45, 2.75) is 31.8 Å². The van der Waals surface area contributed by atoms with E-state index in [1.807, 2.05) is 6.92 Å². The number of hydrogen-bond acceptors (Lipinski definition) is 3. The van der Waals surface area contributed by atoms with Crippen molar-refractivity contribution in [1.82, 2.24) is 14.9 Å². The number of amides is 2. The summed E-state index contributed by atoms with van der Waals surface area (Å²) in [4.78, 5) is 13.8. The van der Waals surface area contributed by atoms with Crippen LogP contribution in [0.1, 0.15) is 18.9 Å². The normalized spacial score (nSPS) is 21.1. The molecule has 0 aliphatic carbocycles. The number of likely N-dealkylation sites (tertiary alicyclic amines) is 1. The van der Waals surface area contributed by atoms with Gasteiger partial charge in [0.05, 0.1) is 16.8 Å². The van der Waals surface area contributed by atoms with Gasteiger partial charge >= 0.3 is 6.03 Å². The predicted molar refractivity (Wildman–Crippen MR) is 93.8 cm³/mol. The molecule has 1 aromatic carbocycles. The summed E-state index contributed by atoms with van der Waals surface area (Å²) in [5.74, 6) is -0.390. The van der Waals surface area contributed by atoms with Gasteiger partial charge in [-0.2, -0.15) is 0 Å². The fourth-order valence-electron chi connectivity index (χ4n) is 2.95. The van der Waals surface area contributed by atoms with Crippen molar-refractivity contribution in [3.05, 3.63) is 34.1 Å². The summed E-state index contributed by atoms with van der Waals surface area (Å²) in [5.41, 5.74) is 0.436. The SMILES string of the molecule is CCNC(=O)N1CC[C@H](NS(C)(=O)=O)[C@@H]1Cc1cccc(Br)c1F. The van der Waals surface area contributed by atoms with Crippen LogP contribution in [0, 0.1) is 5.82 Å². The maximum absolute atomic E-state index is 14.3. The molecule has 0 radical (unpaired) electrons. The molecule has 2 atom stereocenters. The van der Waals surface area contributed by atoms with Crippen molar-refractivity contribution in [2.75, 3.05) is 19.3 Å². The van der Waals surface area contributed by atoms with Crippen molar-refractivity contribution in [3.8, 4) is 0 Å². The molecule has 0 saturated carbocycles. The van der Waals surface area contributed by atoms with E-state index < -0.39 is 27.9 Å². The number of nitrogens with one attached hydrogen (secondary N) is 2. The van der Waals surface area contributed by atoms with Crippen molar-refractivity contribution < 1.29 is 17.6 Å². The highest BCUT2D eigenvalue weighted by molar-refractivity contribution is 9.10. The molecule has 1 heterocycles. The number of nitrogens with zero attached hydrogens (tertiary/aromatic N) is 1. The lowest BCUT2D eigenvalue weighted by Crippen LogP contribution is -2.50. The smallest absolute Gasteiger partial charge is 0.317 e. The topological polar surface area (TPSA) is 78.5 Å². The first kappa shape index (κ1) is 19.1. The number of urea groups is 1. The molecule has 0 aromatic heterocycles. The van der Waals surface area contributed by atoms with E-state index in [9.17, 15) is 17.6 Å². The molecule has 9 heteroatoms. The Bertz CT molecular complexity index is 714. The van der Waals surface area contributed by atoms with Crippen LogP contribution in [0.25, 0.3) is 0 Å². The Hall–Kier alpha value is -1.19. The van der Waals surface area contributed by atoms with Crippen LogP contribution in [0.4, 0.5) is 9.18 Å².